The average molecular weight is 436 g/mol. The summed E-state index contributed by atoms with van der Waals surface area (Å²) in [6.07, 6.45) is 5.77. The summed E-state index contributed by atoms with van der Waals surface area (Å²) in [6.45, 7) is 3.90. The summed E-state index contributed by atoms with van der Waals surface area (Å²) in [5, 5.41) is 0.791. The van der Waals surface area contributed by atoms with E-state index in [4.69, 9.17) is 4.98 Å². The third kappa shape index (κ3) is 4.40. The molecule has 162 valence electrons. The van der Waals surface area contributed by atoms with Crippen LogP contribution < -0.4 is 5.56 Å². The Morgan fingerprint density at radius 2 is 1.77 bits per heavy atom. The van der Waals surface area contributed by atoms with Crippen molar-refractivity contribution in [2.45, 2.75) is 62.4 Å². The van der Waals surface area contributed by atoms with Gasteiger partial charge in [0.05, 0.1) is 21.8 Å². The van der Waals surface area contributed by atoms with Crippen molar-refractivity contribution in [3.8, 4) is 5.69 Å². The third-order valence-corrected chi connectivity index (χ3v) is 7.24. The summed E-state index contributed by atoms with van der Waals surface area (Å²) in [5.41, 5.74) is 2.33. The van der Waals surface area contributed by atoms with Crippen LogP contribution in [0.2, 0.25) is 0 Å². The predicted molar refractivity (Wildman–Crippen MR) is 127 cm³/mol. The number of hydrogen-bond donors (Lipinski definition) is 0. The molecule has 2 aromatic carbocycles. The Balaban J connectivity index is 1.72. The zero-order valence-electron chi connectivity index (χ0n) is 18.4. The van der Waals surface area contributed by atoms with Gasteiger partial charge in [-0.2, -0.15) is 0 Å². The van der Waals surface area contributed by atoms with Crippen LogP contribution in [0.25, 0.3) is 16.6 Å². The number of fused-ring (bicyclic) bond motifs is 1. The second-order valence-corrected chi connectivity index (χ2v) is 9.65. The molecule has 1 amide bonds. The fourth-order valence-corrected chi connectivity index (χ4v) is 5.38. The average Bonchev–Trinajstić information content (AvgIpc) is 2.80. The maximum absolute atomic E-state index is 13.4. The monoisotopic (exact) mass is 435 g/mol. The highest BCUT2D eigenvalue weighted by Gasteiger charge is 2.27. The number of rotatable bonds is 5. The zero-order chi connectivity index (χ0) is 22.0. The molecule has 0 radical (unpaired) electrons. The number of aromatic nitrogens is 2. The summed E-state index contributed by atoms with van der Waals surface area (Å²) in [7, 11) is 1.91. The van der Waals surface area contributed by atoms with Crippen LogP contribution in [-0.2, 0) is 4.79 Å². The summed E-state index contributed by atoms with van der Waals surface area (Å²) < 4.78 is 1.66. The Morgan fingerprint density at radius 3 is 2.52 bits per heavy atom. The molecular formula is C25H29N3O2S. The lowest BCUT2D eigenvalue weighted by Crippen LogP contribution is -2.42. The van der Waals surface area contributed by atoms with Crippen molar-refractivity contribution in [2.24, 2.45) is 0 Å². The van der Waals surface area contributed by atoms with Gasteiger partial charge >= 0.3 is 0 Å². The molecule has 0 saturated heterocycles. The summed E-state index contributed by atoms with van der Waals surface area (Å²) >= 11 is 1.36. The second-order valence-electron chi connectivity index (χ2n) is 8.34. The molecule has 1 fully saturated rings. The topological polar surface area (TPSA) is 55.2 Å². The molecule has 1 heterocycles. The van der Waals surface area contributed by atoms with Crippen LogP contribution in [0.4, 0.5) is 0 Å². The second kappa shape index (κ2) is 9.27. The van der Waals surface area contributed by atoms with E-state index >= 15 is 0 Å². The Morgan fingerprint density at radius 1 is 1.10 bits per heavy atom. The van der Waals surface area contributed by atoms with Gasteiger partial charge in [0.25, 0.3) is 5.56 Å². The van der Waals surface area contributed by atoms with Crippen LogP contribution in [0.15, 0.2) is 58.5 Å². The van der Waals surface area contributed by atoms with E-state index in [1.54, 1.807) is 10.6 Å². The first-order chi connectivity index (χ1) is 15.0. The van der Waals surface area contributed by atoms with Crippen LogP contribution in [-0.4, -0.2) is 38.7 Å². The smallest absolute Gasteiger partial charge is 0.266 e. The number of amides is 1. The van der Waals surface area contributed by atoms with Gasteiger partial charge < -0.3 is 4.90 Å². The first kappa shape index (κ1) is 21.6. The van der Waals surface area contributed by atoms with Crippen LogP contribution in [0.5, 0.6) is 0 Å². The van der Waals surface area contributed by atoms with E-state index < -0.39 is 0 Å². The van der Waals surface area contributed by atoms with E-state index in [1.165, 1.54) is 31.0 Å². The van der Waals surface area contributed by atoms with Crippen molar-refractivity contribution in [2.75, 3.05) is 7.05 Å². The molecule has 1 aromatic heterocycles. The fraction of sp³-hybridized carbons (Fsp3) is 0.400. The Labute approximate surface area is 187 Å². The van der Waals surface area contributed by atoms with E-state index in [2.05, 4.69) is 0 Å². The largest absolute Gasteiger partial charge is 0.342 e. The SMILES string of the molecule is Cc1ccccc1-n1c(SC(C)C(=O)N(C)C2CCCCC2)nc2ccccc2c1=O. The third-order valence-electron chi connectivity index (χ3n) is 6.20. The van der Waals surface area contributed by atoms with E-state index in [0.717, 1.165) is 24.1 Å². The van der Waals surface area contributed by atoms with Crippen LogP contribution >= 0.6 is 11.8 Å². The standard InChI is InChI=1S/C25H29N3O2S/c1-17-11-7-10-16-22(17)28-24(30)20-14-8-9-15-21(20)26-25(28)31-18(2)23(29)27(3)19-12-5-4-6-13-19/h7-11,14-16,18-19H,4-6,12-13H2,1-3H3. The minimum absolute atomic E-state index is 0.0932. The van der Waals surface area contributed by atoms with E-state index in [-0.39, 0.29) is 16.7 Å². The van der Waals surface area contributed by atoms with E-state index in [0.29, 0.717) is 22.1 Å². The van der Waals surface area contributed by atoms with Gasteiger partial charge in [-0.05, 0) is 50.5 Å². The lowest BCUT2D eigenvalue weighted by Gasteiger charge is -2.32. The van der Waals surface area contributed by atoms with Crippen LogP contribution in [0.3, 0.4) is 0 Å². The normalized spacial score (nSPS) is 15.7. The first-order valence-electron chi connectivity index (χ1n) is 11.0. The number of carbonyl (C=O) groups excluding carboxylic acids is 1. The van der Waals surface area contributed by atoms with Crippen LogP contribution in [0.1, 0.15) is 44.6 Å². The number of aryl methyl sites for hydroxylation is 1. The van der Waals surface area contributed by atoms with Crippen molar-refractivity contribution in [1.82, 2.24) is 14.5 Å². The lowest BCUT2D eigenvalue weighted by atomic mass is 9.94. The summed E-state index contributed by atoms with van der Waals surface area (Å²) in [6, 6.07) is 15.5. The number of nitrogens with zero attached hydrogens (tertiary/aromatic N) is 3. The van der Waals surface area contributed by atoms with E-state index in [1.807, 2.05) is 68.3 Å². The summed E-state index contributed by atoms with van der Waals surface area (Å²) in [4.78, 5) is 33.4. The molecule has 31 heavy (non-hydrogen) atoms. The number of carbonyl (C=O) groups is 1. The molecule has 5 nitrogen and oxygen atoms in total. The van der Waals surface area contributed by atoms with Gasteiger partial charge in [0.2, 0.25) is 5.91 Å². The number of benzene rings is 2. The molecule has 1 aliphatic rings. The lowest BCUT2D eigenvalue weighted by molar-refractivity contribution is -0.131. The van der Waals surface area contributed by atoms with Crippen molar-refractivity contribution in [3.63, 3.8) is 0 Å². The van der Waals surface area contributed by atoms with Crippen molar-refractivity contribution < 1.29 is 4.79 Å². The molecule has 0 aliphatic heterocycles. The Bertz CT molecular complexity index is 1150. The highest BCUT2D eigenvalue weighted by molar-refractivity contribution is 8.00. The Kier molecular flexibility index (Phi) is 6.46. The van der Waals surface area contributed by atoms with Gasteiger partial charge in [-0.25, -0.2) is 4.98 Å². The van der Waals surface area contributed by atoms with Gasteiger partial charge in [-0.1, -0.05) is 61.4 Å². The molecule has 0 N–H and O–H groups in total. The van der Waals surface area contributed by atoms with E-state index in [9.17, 15) is 9.59 Å². The molecule has 6 heteroatoms. The Hall–Kier alpha value is -2.60. The molecule has 4 rings (SSSR count). The quantitative estimate of drug-likeness (QED) is 0.420. The highest BCUT2D eigenvalue weighted by Crippen LogP contribution is 2.29. The van der Waals surface area contributed by atoms with Crippen molar-refractivity contribution in [1.29, 1.82) is 0 Å². The van der Waals surface area contributed by atoms with Gasteiger partial charge in [0, 0.05) is 13.1 Å². The van der Waals surface area contributed by atoms with Gasteiger partial charge in [0.15, 0.2) is 5.16 Å². The molecule has 1 aliphatic carbocycles. The molecular weight excluding hydrogens is 406 g/mol. The zero-order valence-corrected chi connectivity index (χ0v) is 19.2. The van der Waals surface area contributed by atoms with Crippen molar-refractivity contribution >= 4 is 28.6 Å². The minimum Gasteiger partial charge on any atom is -0.342 e. The molecule has 1 atom stereocenters. The molecule has 1 saturated carbocycles. The van der Waals surface area contributed by atoms with Crippen molar-refractivity contribution in [3.05, 3.63) is 64.4 Å². The fourth-order valence-electron chi connectivity index (χ4n) is 4.36. The molecule has 1 unspecified atom stereocenters. The first-order valence-corrected chi connectivity index (χ1v) is 11.9. The number of para-hydroxylation sites is 2. The highest BCUT2D eigenvalue weighted by atomic mass is 32.2. The molecule has 0 bridgehead atoms. The van der Waals surface area contributed by atoms with Crippen LogP contribution in [0, 0.1) is 6.92 Å². The maximum atomic E-state index is 13.4. The summed E-state index contributed by atoms with van der Waals surface area (Å²) in [5.74, 6) is 0.0932. The molecule has 3 aromatic rings. The number of hydrogen-bond acceptors (Lipinski definition) is 4. The van der Waals surface area contributed by atoms with Gasteiger partial charge in [-0.3, -0.25) is 14.2 Å². The van der Waals surface area contributed by atoms with Gasteiger partial charge in [0.1, 0.15) is 0 Å². The molecule has 0 spiro atoms. The van der Waals surface area contributed by atoms with Gasteiger partial charge in [-0.15, -0.1) is 0 Å². The minimum atomic E-state index is -0.338. The predicted octanol–water partition coefficient (Wildman–Crippen LogP) is 4.97. The maximum Gasteiger partial charge on any atom is 0.266 e. The number of thioether (sulfide) groups is 1.